The summed E-state index contributed by atoms with van der Waals surface area (Å²) in [4.78, 5) is 11.4. The minimum atomic E-state index is -0.188. The van der Waals surface area contributed by atoms with E-state index in [2.05, 4.69) is 15.9 Å². The first-order valence-corrected chi connectivity index (χ1v) is 5.97. The molecule has 16 heavy (non-hydrogen) atoms. The maximum absolute atomic E-state index is 11.4. The van der Waals surface area contributed by atoms with Crippen LogP contribution in [0.25, 0.3) is 0 Å². The maximum Gasteiger partial charge on any atom is 0.138 e. The first-order chi connectivity index (χ1) is 7.72. The molecule has 3 nitrogen and oxygen atoms in total. The highest BCUT2D eigenvalue weighted by Crippen LogP contribution is 2.37. The number of hydrogen-bond donors (Lipinski definition) is 0. The highest BCUT2D eigenvalue weighted by molar-refractivity contribution is 9.10. The predicted molar refractivity (Wildman–Crippen MR) is 63.6 cm³/mol. The zero-order valence-corrected chi connectivity index (χ0v) is 10.6. The highest BCUT2D eigenvalue weighted by atomic mass is 79.9. The zero-order valence-electron chi connectivity index (χ0n) is 9.03. The van der Waals surface area contributed by atoms with Crippen molar-refractivity contribution in [2.75, 3.05) is 13.7 Å². The molecule has 1 aliphatic heterocycles. The van der Waals surface area contributed by atoms with Crippen LogP contribution in [-0.2, 0) is 9.53 Å². The van der Waals surface area contributed by atoms with Gasteiger partial charge in [-0.1, -0.05) is 22.0 Å². The Morgan fingerprint density at radius 2 is 2.31 bits per heavy atom. The molecular weight excluding hydrogens is 272 g/mol. The quantitative estimate of drug-likeness (QED) is 0.838. The normalized spacial score (nSPS) is 20.9. The van der Waals surface area contributed by atoms with Crippen molar-refractivity contribution < 1.29 is 14.3 Å². The van der Waals surface area contributed by atoms with E-state index in [9.17, 15) is 4.79 Å². The minimum Gasteiger partial charge on any atom is -0.496 e. The van der Waals surface area contributed by atoms with Crippen LogP contribution in [-0.4, -0.2) is 19.5 Å². The molecule has 1 aromatic rings. The lowest BCUT2D eigenvalue weighted by atomic mass is 10.00. The smallest absolute Gasteiger partial charge is 0.138 e. The third kappa shape index (κ3) is 2.28. The van der Waals surface area contributed by atoms with Crippen LogP contribution in [0.1, 0.15) is 24.5 Å². The summed E-state index contributed by atoms with van der Waals surface area (Å²) in [6.45, 7) is 0.494. The average Bonchev–Trinajstić information content (AvgIpc) is 2.28. The van der Waals surface area contributed by atoms with E-state index >= 15 is 0 Å². The predicted octanol–water partition coefficient (Wildman–Crippen LogP) is 2.88. The summed E-state index contributed by atoms with van der Waals surface area (Å²) in [5, 5.41) is 0. The van der Waals surface area contributed by atoms with E-state index in [4.69, 9.17) is 9.47 Å². The maximum atomic E-state index is 11.4. The number of methoxy groups -OCH3 is 1. The number of carbonyl (C=O) groups is 1. The molecule has 0 spiro atoms. The molecule has 1 aliphatic rings. The lowest BCUT2D eigenvalue weighted by Crippen LogP contribution is -2.20. The van der Waals surface area contributed by atoms with Crippen molar-refractivity contribution in [1.82, 2.24) is 0 Å². The molecule has 1 heterocycles. The molecule has 4 heteroatoms. The van der Waals surface area contributed by atoms with Crippen molar-refractivity contribution in [2.45, 2.75) is 18.9 Å². The van der Waals surface area contributed by atoms with Crippen LogP contribution in [0.2, 0.25) is 0 Å². The second kappa shape index (κ2) is 4.97. The third-order valence-corrected chi connectivity index (χ3v) is 3.36. The Bertz CT molecular complexity index is 403. The van der Waals surface area contributed by atoms with E-state index in [1.165, 1.54) is 0 Å². The molecular formula is C12H13BrO3. The Labute approximate surface area is 103 Å². The van der Waals surface area contributed by atoms with E-state index in [1.54, 1.807) is 7.11 Å². The summed E-state index contributed by atoms with van der Waals surface area (Å²) in [5.74, 6) is 1.00. The fraction of sp³-hybridized carbons (Fsp3) is 0.417. The van der Waals surface area contributed by atoms with Crippen molar-refractivity contribution >= 4 is 21.7 Å². The van der Waals surface area contributed by atoms with Gasteiger partial charge in [0.2, 0.25) is 0 Å². The van der Waals surface area contributed by atoms with E-state index in [1.807, 2.05) is 18.2 Å². The molecule has 1 atom stereocenters. The number of Topliss-reactive ketones (excluding diaryl/α,β-unsaturated/α-hetero) is 1. The molecule has 0 N–H and O–H groups in total. The van der Waals surface area contributed by atoms with Crippen molar-refractivity contribution in [2.24, 2.45) is 0 Å². The van der Waals surface area contributed by atoms with Gasteiger partial charge in [-0.2, -0.15) is 0 Å². The molecule has 1 unspecified atom stereocenters. The summed E-state index contributed by atoms with van der Waals surface area (Å²) in [5.41, 5.74) is 0.929. The Balaban J connectivity index is 2.34. The summed E-state index contributed by atoms with van der Waals surface area (Å²) in [6.07, 6.45) is 0.758. The molecule has 0 saturated carbocycles. The van der Waals surface area contributed by atoms with E-state index < -0.39 is 0 Å². The number of carbonyl (C=O) groups excluding carboxylic acids is 1. The molecule has 86 valence electrons. The SMILES string of the molecule is COc1cccc(Br)c1C1CC(=O)CCO1. The molecule has 0 radical (unpaired) electrons. The first-order valence-electron chi connectivity index (χ1n) is 5.18. The van der Waals surface area contributed by atoms with Gasteiger partial charge in [-0.15, -0.1) is 0 Å². The standard InChI is InChI=1S/C12H13BrO3/c1-15-10-4-2-3-9(13)12(10)11-7-8(14)5-6-16-11/h2-4,11H,5-7H2,1H3. The van der Waals surface area contributed by atoms with Gasteiger partial charge in [-0.25, -0.2) is 0 Å². The van der Waals surface area contributed by atoms with Crippen LogP contribution in [0.5, 0.6) is 5.75 Å². The van der Waals surface area contributed by atoms with E-state index in [0.29, 0.717) is 19.4 Å². The van der Waals surface area contributed by atoms with Gasteiger partial charge >= 0.3 is 0 Å². The number of halogens is 1. The number of rotatable bonds is 2. The lowest BCUT2D eigenvalue weighted by molar-refractivity contribution is -0.128. The van der Waals surface area contributed by atoms with E-state index in [0.717, 1.165) is 15.8 Å². The van der Waals surface area contributed by atoms with Crippen molar-refractivity contribution in [3.8, 4) is 5.75 Å². The number of hydrogen-bond acceptors (Lipinski definition) is 3. The number of benzene rings is 1. The summed E-state index contributed by atoms with van der Waals surface area (Å²) < 4.78 is 11.8. The Morgan fingerprint density at radius 1 is 1.50 bits per heavy atom. The Morgan fingerprint density at radius 3 is 3.00 bits per heavy atom. The van der Waals surface area contributed by atoms with Crippen LogP contribution < -0.4 is 4.74 Å². The topological polar surface area (TPSA) is 35.5 Å². The van der Waals surface area contributed by atoms with E-state index in [-0.39, 0.29) is 11.9 Å². The van der Waals surface area contributed by atoms with Gasteiger partial charge in [0.05, 0.1) is 19.8 Å². The molecule has 0 aromatic heterocycles. The molecule has 0 aliphatic carbocycles. The number of ketones is 1. The lowest BCUT2D eigenvalue weighted by Gasteiger charge is -2.24. The summed E-state index contributed by atoms with van der Waals surface area (Å²) >= 11 is 3.47. The molecule has 2 rings (SSSR count). The van der Waals surface area contributed by atoms with Crippen LogP contribution in [0.15, 0.2) is 22.7 Å². The van der Waals surface area contributed by atoms with Gasteiger partial charge in [0.25, 0.3) is 0 Å². The van der Waals surface area contributed by atoms with Crippen LogP contribution in [0, 0.1) is 0 Å². The van der Waals surface area contributed by atoms with Gasteiger partial charge < -0.3 is 9.47 Å². The van der Waals surface area contributed by atoms with Crippen LogP contribution >= 0.6 is 15.9 Å². The molecule has 1 fully saturated rings. The van der Waals surface area contributed by atoms with Crippen LogP contribution in [0.4, 0.5) is 0 Å². The van der Waals surface area contributed by atoms with Gasteiger partial charge in [-0.3, -0.25) is 4.79 Å². The Hall–Kier alpha value is -0.870. The van der Waals surface area contributed by atoms with Crippen molar-refractivity contribution in [3.05, 3.63) is 28.2 Å². The second-order valence-electron chi connectivity index (χ2n) is 3.71. The van der Waals surface area contributed by atoms with Crippen molar-refractivity contribution in [3.63, 3.8) is 0 Å². The summed E-state index contributed by atoms with van der Waals surface area (Å²) in [6, 6.07) is 5.71. The van der Waals surface area contributed by atoms with Gasteiger partial charge in [-0.05, 0) is 12.1 Å². The molecule has 0 bridgehead atoms. The van der Waals surface area contributed by atoms with Gasteiger partial charge in [0.15, 0.2) is 0 Å². The average molecular weight is 285 g/mol. The monoisotopic (exact) mass is 284 g/mol. The molecule has 1 saturated heterocycles. The minimum absolute atomic E-state index is 0.188. The molecule has 1 aromatic carbocycles. The fourth-order valence-electron chi connectivity index (χ4n) is 1.88. The zero-order chi connectivity index (χ0) is 11.5. The summed E-state index contributed by atoms with van der Waals surface area (Å²) in [7, 11) is 1.62. The largest absolute Gasteiger partial charge is 0.496 e. The third-order valence-electron chi connectivity index (χ3n) is 2.67. The Kier molecular flexibility index (Phi) is 3.61. The van der Waals surface area contributed by atoms with Crippen LogP contribution in [0.3, 0.4) is 0 Å². The van der Waals surface area contributed by atoms with Gasteiger partial charge in [0, 0.05) is 22.9 Å². The van der Waals surface area contributed by atoms with Crippen molar-refractivity contribution in [1.29, 1.82) is 0 Å². The second-order valence-corrected chi connectivity index (χ2v) is 4.56. The van der Waals surface area contributed by atoms with Gasteiger partial charge in [0.1, 0.15) is 11.5 Å². The first kappa shape index (κ1) is 11.6. The highest BCUT2D eigenvalue weighted by Gasteiger charge is 2.26. The fourth-order valence-corrected chi connectivity index (χ4v) is 2.48. The number of ether oxygens (including phenoxy) is 2. The molecule has 0 amide bonds.